The molecule has 1 aromatic heterocycles. The first-order chi connectivity index (χ1) is 36.9. The minimum absolute atomic E-state index is 0.0127. The van der Waals surface area contributed by atoms with Crippen molar-refractivity contribution in [3.63, 3.8) is 0 Å². The number of carbonyl (C=O) groups is 2. The molecule has 0 aromatic carbocycles. The van der Waals surface area contributed by atoms with E-state index in [2.05, 4.69) is 66.5 Å². The topological polar surface area (TPSA) is 286 Å². The Morgan fingerprint density at radius 2 is 1.29 bits per heavy atom. The fraction of sp³-hybridized carbons (Fsp3) is 0.679. The third-order valence-corrected chi connectivity index (χ3v) is 14.9. The van der Waals surface area contributed by atoms with Gasteiger partial charge >= 0.3 is 33.3 Å². The number of carbonyl (C=O) groups excluding carboxylic acids is 2. The van der Waals surface area contributed by atoms with Crippen molar-refractivity contribution in [2.45, 2.75) is 218 Å². The fourth-order valence-electron chi connectivity index (χ4n) is 8.02. The molecule has 1 aromatic rings. The lowest BCUT2D eigenvalue weighted by Crippen LogP contribution is -2.36. The number of nitrogens with zero attached hydrogens (tertiary/aromatic N) is 2. The number of ether oxygens (including phenoxy) is 3. The van der Waals surface area contributed by atoms with E-state index in [0.717, 1.165) is 68.0 Å². The molecule has 0 radical (unpaired) electrons. The van der Waals surface area contributed by atoms with Crippen LogP contribution in [0.2, 0.25) is 0 Å². The molecule has 77 heavy (non-hydrogen) atoms. The third-order valence-electron chi connectivity index (χ3n) is 12.3. The van der Waals surface area contributed by atoms with Gasteiger partial charge in [0.15, 0.2) is 12.3 Å². The number of allylic oxidation sites excluding steroid dienone is 10. The Morgan fingerprint density at radius 1 is 0.727 bits per heavy atom. The Bertz CT molecular complexity index is 2110. The fourth-order valence-corrected chi connectivity index (χ4v) is 10.1. The lowest BCUT2D eigenvalue weighted by atomic mass is 10.0. The molecule has 1 aliphatic heterocycles. The van der Waals surface area contributed by atoms with Crippen LogP contribution in [0.15, 0.2) is 90.0 Å². The van der Waals surface area contributed by atoms with E-state index in [-0.39, 0.29) is 25.1 Å². The number of rotatable bonds is 45. The number of esters is 2. The van der Waals surface area contributed by atoms with Crippen molar-refractivity contribution in [3.8, 4) is 0 Å². The van der Waals surface area contributed by atoms with E-state index in [0.29, 0.717) is 12.8 Å². The first-order valence-electron chi connectivity index (χ1n) is 27.9. The molecule has 3 unspecified atom stereocenters. The highest BCUT2D eigenvalue weighted by Gasteiger charge is 2.46. The summed E-state index contributed by atoms with van der Waals surface area (Å²) in [7, 11) is -10.9. The summed E-state index contributed by atoms with van der Waals surface area (Å²) in [5.74, 6) is -0.685. The van der Waals surface area contributed by atoms with Crippen molar-refractivity contribution in [2.75, 3.05) is 25.6 Å². The molecule has 7 N–H and O–H groups in total. The van der Waals surface area contributed by atoms with E-state index in [1.807, 2.05) is 12.2 Å². The SMILES string of the molecule is CC/C=C\C/C=C\C/C=C\C/C=C\C=C/C(O)C/C=C\CCC(=O)OC[C@H](COP(=O)(O)OP(=O)(O)OC[C@H]1O[C@@H](n2ccc(N)nc2=O)[C@H](O)[C@@H]1O)OC(=O)CCCCCCCCCCCCCCCCCCC(C)C. The molecular weight excluding hydrogens is 1030 g/mol. The first kappa shape index (κ1) is 69.3. The van der Waals surface area contributed by atoms with E-state index < -0.39 is 89.8 Å². The number of anilines is 1. The molecule has 8 atom stereocenters. The molecule has 2 heterocycles. The Morgan fingerprint density at radius 3 is 1.87 bits per heavy atom. The number of aliphatic hydroxyl groups is 3. The zero-order valence-corrected chi connectivity index (χ0v) is 47.8. The highest BCUT2D eigenvalue weighted by molar-refractivity contribution is 7.61. The average Bonchev–Trinajstić information content (AvgIpc) is 3.65. The quantitative estimate of drug-likeness (QED) is 0.0116. The zero-order valence-electron chi connectivity index (χ0n) is 46.0. The van der Waals surface area contributed by atoms with Crippen LogP contribution < -0.4 is 11.4 Å². The van der Waals surface area contributed by atoms with Gasteiger partial charge in [-0.3, -0.25) is 23.2 Å². The highest BCUT2D eigenvalue weighted by Crippen LogP contribution is 2.60. The van der Waals surface area contributed by atoms with Gasteiger partial charge in [-0.2, -0.15) is 9.29 Å². The molecule has 0 bridgehead atoms. The zero-order chi connectivity index (χ0) is 56.6. The molecule has 0 spiro atoms. The van der Waals surface area contributed by atoms with Crippen molar-refractivity contribution >= 4 is 33.4 Å². The summed E-state index contributed by atoms with van der Waals surface area (Å²) in [5.41, 5.74) is 4.58. The van der Waals surface area contributed by atoms with Gasteiger partial charge in [0, 0.05) is 19.0 Å². The number of unbranched alkanes of at least 4 members (excludes halogenated alkanes) is 15. The molecule has 0 amide bonds. The standard InChI is InChI=1S/C56H93N3O16P2/c1-4-5-6-7-8-9-10-15-19-22-25-28-32-37-47(60)38-33-30-35-39-51(61)70-43-48(73-52(62)40-34-29-26-23-20-17-14-12-11-13-16-18-21-24-27-31-36-46(2)3)44-71-76(66,67)75-77(68,69)72-45-49-53(63)54(64)55(74-49)59-42-41-50(57)58-56(59)65/h5-6,8-9,15,19,25,28,30,32-33,37,41-42,46-49,53-55,60,63-64H,4,7,10-14,16-18,20-24,26-27,29,31,34-36,38-40,43-45H2,1-3H3,(H,66,67)(H,68,69)(H2,57,58,65)/b6-5-,9-8-,19-15-,28-25-,33-30-,37-32-/t47?,48-,49-,53-,54-,55-/m1/s1. The number of aromatic nitrogens is 2. The minimum Gasteiger partial charge on any atom is -0.462 e. The largest absolute Gasteiger partial charge is 0.481 e. The Hall–Kier alpha value is -3.84. The number of aliphatic hydroxyl groups excluding tert-OH is 3. The van der Waals surface area contributed by atoms with Gasteiger partial charge in [0.25, 0.3) is 0 Å². The number of hydrogen-bond donors (Lipinski definition) is 6. The van der Waals surface area contributed by atoms with E-state index >= 15 is 0 Å². The van der Waals surface area contributed by atoms with Gasteiger partial charge in [0.1, 0.15) is 30.7 Å². The van der Waals surface area contributed by atoms with Crippen LogP contribution in [-0.4, -0.2) is 96.9 Å². The van der Waals surface area contributed by atoms with Gasteiger partial charge in [-0.1, -0.05) is 196 Å². The van der Waals surface area contributed by atoms with E-state index in [9.17, 15) is 48.6 Å². The lowest BCUT2D eigenvalue weighted by molar-refractivity contribution is -0.161. The summed E-state index contributed by atoms with van der Waals surface area (Å²) in [6, 6.07) is 1.24. The van der Waals surface area contributed by atoms with Crippen LogP contribution in [-0.2, 0) is 46.3 Å². The maximum Gasteiger partial charge on any atom is 0.481 e. The van der Waals surface area contributed by atoms with Gasteiger partial charge in [-0.25, -0.2) is 13.9 Å². The van der Waals surface area contributed by atoms with E-state index in [4.69, 9.17) is 29.0 Å². The Balaban J connectivity index is 1.82. The molecule has 21 heteroatoms. The molecule has 0 aliphatic carbocycles. The Kier molecular flexibility index (Phi) is 37.9. The highest BCUT2D eigenvalue weighted by atomic mass is 31.3. The van der Waals surface area contributed by atoms with Crippen molar-refractivity contribution in [2.24, 2.45) is 5.92 Å². The maximum absolute atomic E-state index is 12.9. The van der Waals surface area contributed by atoms with Gasteiger partial charge < -0.3 is 45.1 Å². The average molecular weight is 1130 g/mol. The monoisotopic (exact) mass is 1130 g/mol. The summed E-state index contributed by atoms with van der Waals surface area (Å²) in [6.07, 6.45) is 40.1. The molecule has 19 nitrogen and oxygen atoms in total. The molecule has 1 saturated heterocycles. The summed E-state index contributed by atoms with van der Waals surface area (Å²) in [6.45, 7) is 4.22. The third kappa shape index (κ3) is 35.4. The predicted octanol–water partition coefficient (Wildman–Crippen LogP) is 11.3. The first-order valence-corrected chi connectivity index (χ1v) is 30.9. The van der Waals surface area contributed by atoms with Crippen molar-refractivity contribution in [1.29, 1.82) is 0 Å². The van der Waals surface area contributed by atoms with Gasteiger partial charge in [0.05, 0.1) is 19.3 Å². The number of hydrogen-bond acceptors (Lipinski definition) is 16. The number of phosphoric acid groups is 2. The number of nitrogens with two attached hydrogens (primary N) is 1. The van der Waals surface area contributed by atoms with Crippen LogP contribution in [0, 0.1) is 5.92 Å². The summed E-state index contributed by atoms with van der Waals surface area (Å²) in [5, 5.41) is 31.2. The predicted molar refractivity (Wildman–Crippen MR) is 299 cm³/mol. The Labute approximate surface area is 457 Å². The number of nitrogen functional groups attached to an aromatic ring is 1. The molecule has 1 fully saturated rings. The van der Waals surface area contributed by atoms with Crippen LogP contribution in [0.5, 0.6) is 0 Å². The minimum atomic E-state index is -5.46. The van der Waals surface area contributed by atoms with E-state index in [1.165, 1.54) is 83.1 Å². The summed E-state index contributed by atoms with van der Waals surface area (Å²) < 4.78 is 56.8. The second-order valence-corrected chi connectivity index (χ2v) is 22.8. The summed E-state index contributed by atoms with van der Waals surface area (Å²) >= 11 is 0. The lowest BCUT2D eigenvalue weighted by Gasteiger charge is -2.21. The second kappa shape index (κ2) is 42.1. The van der Waals surface area contributed by atoms with E-state index in [1.54, 1.807) is 24.3 Å². The normalized spacial score (nSPS) is 19.6. The van der Waals surface area contributed by atoms with Crippen LogP contribution in [0.4, 0.5) is 5.82 Å². The van der Waals surface area contributed by atoms with Gasteiger partial charge in [-0.15, -0.1) is 0 Å². The van der Waals surface area contributed by atoms with Crippen LogP contribution in [0.3, 0.4) is 0 Å². The van der Waals surface area contributed by atoms with Crippen molar-refractivity contribution < 1.29 is 71.4 Å². The van der Waals surface area contributed by atoms with Gasteiger partial charge in [0.2, 0.25) is 0 Å². The molecule has 2 rings (SSSR count). The summed E-state index contributed by atoms with van der Waals surface area (Å²) in [4.78, 5) is 62.1. The van der Waals surface area contributed by atoms with Crippen LogP contribution >= 0.6 is 15.6 Å². The molecule has 1 aliphatic rings. The molecule has 0 saturated carbocycles. The molecular formula is C56H93N3O16P2. The number of phosphoric ester groups is 2. The van der Waals surface area contributed by atoms with Crippen LogP contribution in [0.25, 0.3) is 0 Å². The van der Waals surface area contributed by atoms with Crippen molar-refractivity contribution in [1.82, 2.24) is 9.55 Å². The maximum atomic E-state index is 12.9. The second-order valence-electron chi connectivity index (χ2n) is 19.7. The molecule has 438 valence electrons. The van der Waals surface area contributed by atoms with Gasteiger partial charge in [-0.05, 0) is 56.9 Å². The van der Waals surface area contributed by atoms with Crippen molar-refractivity contribution in [3.05, 3.63) is 95.7 Å². The van der Waals surface area contributed by atoms with Crippen LogP contribution in [0.1, 0.15) is 188 Å². The smallest absolute Gasteiger partial charge is 0.462 e.